The van der Waals surface area contributed by atoms with Gasteiger partial charge in [-0.25, -0.2) is 9.78 Å². The molecule has 2 rings (SSSR count). The van der Waals surface area contributed by atoms with Gasteiger partial charge in [-0.2, -0.15) is 0 Å². The Balaban J connectivity index is 1.89. The molecule has 1 aromatic carbocycles. The molecule has 0 aliphatic carbocycles. The van der Waals surface area contributed by atoms with Crippen molar-refractivity contribution in [1.82, 2.24) is 4.98 Å². The fourth-order valence-electron chi connectivity index (χ4n) is 1.71. The summed E-state index contributed by atoms with van der Waals surface area (Å²) in [6.07, 6.45) is 2.49. The van der Waals surface area contributed by atoms with Gasteiger partial charge in [0.25, 0.3) is 0 Å². The third-order valence-electron chi connectivity index (χ3n) is 2.77. The zero-order valence-electron chi connectivity index (χ0n) is 10.6. The number of hydrogen-bond acceptors (Lipinski definition) is 4. The van der Waals surface area contributed by atoms with Crippen LogP contribution in [0, 0.1) is 0 Å². The topological polar surface area (TPSA) is 72.6 Å². The molecule has 0 amide bonds. The van der Waals surface area contributed by atoms with Gasteiger partial charge in [-0.15, -0.1) is 0 Å². The summed E-state index contributed by atoms with van der Waals surface area (Å²) < 4.78 is 10.6. The summed E-state index contributed by atoms with van der Waals surface area (Å²) in [5, 5.41) is 8.87. The van der Waals surface area contributed by atoms with Gasteiger partial charge in [0.15, 0.2) is 12.1 Å². The van der Waals surface area contributed by atoms with E-state index in [0.717, 1.165) is 18.6 Å². The SMILES string of the molecule is CCc1ccc(OCCc2ocnc2C(=O)O)cc1. The Kier molecular flexibility index (Phi) is 4.18. The fourth-order valence-corrected chi connectivity index (χ4v) is 1.71. The number of oxazole rings is 1. The minimum atomic E-state index is -1.09. The second kappa shape index (κ2) is 6.04. The van der Waals surface area contributed by atoms with E-state index in [1.54, 1.807) is 0 Å². The van der Waals surface area contributed by atoms with Crippen LogP contribution in [0.3, 0.4) is 0 Å². The monoisotopic (exact) mass is 261 g/mol. The molecule has 0 bridgehead atoms. The molecule has 5 heteroatoms. The van der Waals surface area contributed by atoms with Gasteiger partial charge in [0.2, 0.25) is 0 Å². The van der Waals surface area contributed by atoms with E-state index in [-0.39, 0.29) is 5.69 Å². The van der Waals surface area contributed by atoms with Crippen LogP contribution in [-0.2, 0) is 12.8 Å². The number of benzene rings is 1. The molecule has 1 N–H and O–H groups in total. The predicted molar refractivity (Wildman–Crippen MR) is 68.5 cm³/mol. The van der Waals surface area contributed by atoms with Crippen LogP contribution in [0.1, 0.15) is 28.7 Å². The van der Waals surface area contributed by atoms with E-state index < -0.39 is 5.97 Å². The first-order valence-electron chi connectivity index (χ1n) is 6.08. The molecule has 1 heterocycles. The molecule has 1 aromatic heterocycles. The molecule has 0 saturated heterocycles. The number of aromatic carboxylic acids is 1. The lowest BCUT2D eigenvalue weighted by Gasteiger charge is -2.05. The summed E-state index contributed by atoms with van der Waals surface area (Å²) in [7, 11) is 0. The third-order valence-corrected chi connectivity index (χ3v) is 2.77. The molecule has 0 radical (unpaired) electrons. The summed E-state index contributed by atoms with van der Waals surface area (Å²) in [4.78, 5) is 14.5. The second-order valence-electron chi connectivity index (χ2n) is 4.03. The second-order valence-corrected chi connectivity index (χ2v) is 4.03. The molecule has 0 spiro atoms. The smallest absolute Gasteiger partial charge is 0.358 e. The van der Waals surface area contributed by atoms with Gasteiger partial charge in [-0.1, -0.05) is 19.1 Å². The molecule has 19 heavy (non-hydrogen) atoms. The maximum atomic E-state index is 10.8. The van der Waals surface area contributed by atoms with Crippen molar-refractivity contribution < 1.29 is 19.1 Å². The maximum Gasteiger partial charge on any atom is 0.358 e. The zero-order valence-corrected chi connectivity index (χ0v) is 10.6. The highest BCUT2D eigenvalue weighted by Crippen LogP contribution is 2.14. The van der Waals surface area contributed by atoms with Crippen molar-refractivity contribution in [2.75, 3.05) is 6.61 Å². The van der Waals surface area contributed by atoms with Crippen molar-refractivity contribution in [2.24, 2.45) is 0 Å². The van der Waals surface area contributed by atoms with Crippen molar-refractivity contribution >= 4 is 5.97 Å². The number of ether oxygens (including phenoxy) is 1. The number of hydrogen-bond donors (Lipinski definition) is 1. The lowest BCUT2D eigenvalue weighted by atomic mass is 10.2. The van der Waals surface area contributed by atoms with Gasteiger partial charge in [-0.05, 0) is 24.1 Å². The molecule has 0 fully saturated rings. The number of carboxylic acids is 1. The normalized spacial score (nSPS) is 10.4. The van der Waals surface area contributed by atoms with E-state index >= 15 is 0 Å². The van der Waals surface area contributed by atoms with Crippen molar-refractivity contribution in [1.29, 1.82) is 0 Å². The Morgan fingerprint density at radius 2 is 2.11 bits per heavy atom. The standard InChI is InChI=1S/C14H15NO4/c1-2-10-3-5-11(6-4-10)18-8-7-12-13(14(16)17)15-9-19-12/h3-6,9H,2,7-8H2,1H3,(H,16,17). The number of aryl methyl sites for hydroxylation is 1. The highest BCUT2D eigenvalue weighted by molar-refractivity contribution is 5.86. The van der Waals surface area contributed by atoms with Crippen LogP contribution in [0.4, 0.5) is 0 Å². The number of nitrogens with zero attached hydrogens (tertiary/aromatic N) is 1. The summed E-state index contributed by atoms with van der Waals surface area (Å²) in [6, 6.07) is 7.81. The van der Waals surface area contributed by atoms with Crippen molar-refractivity contribution in [3.63, 3.8) is 0 Å². The lowest BCUT2D eigenvalue weighted by molar-refractivity contribution is 0.0688. The number of rotatable bonds is 6. The van der Waals surface area contributed by atoms with Crippen LogP contribution < -0.4 is 4.74 Å². The molecule has 100 valence electrons. The first-order valence-corrected chi connectivity index (χ1v) is 6.08. The van der Waals surface area contributed by atoms with Gasteiger partial charge in [-0.3, -0.25) is 0 Å². The van der Waals surface area contributed by atoms with E-state index in [1.165, 1.54) is 5.56 Å². The molecule has 0 aliphatic rings. The highest BCUT2D eigenvalue weighted by Gasteiger charge is 2.14. The zero-order chi connectivity index (χ0) is 13.7. The lowest BCUT2D eigenvalue weighted by Crippen LogP contribution is -2.06. The molecule has 2 aromatic rings. The summed E-state index contributed by atoms with van der Waals surface area (Å²) >= 11 is 0. The van der Waals surface area contributed by atoms with Crippen LogP contribution in [0.2, 0.25) is 0 Å². The van der Waals surface area contributed by atoms with Crippen LogP contribution in [-0.4, -0.2) is 22.7 Å². The van der Waals surface area contributed by atoms with Gasteiger partial charge in [0, 0.05) is 6.42 Å². The van der Waals surface area contributed by atoms with E-state index in [4.69, 9.17) is 14.3 Å². The average Bonchev–Trinajstić information content (AvgIpc) is 2.88. The molecular weight excluding hydrogens is 246 g/mol. The largest absolute Gasteiger partial charge is 0.493 e. The number of carbonyl (C=O) groups is 1. The third kappa shape index (κ3) is 3.34. The molecule has 5 nitrogen and oxygen atoms in total. The van der Waals surface area contributed by atoms with Crippen LogP contribution in [0.15, 0.2) is 35.1 Å². The Bertz CT molecular complexity index is 545. The summed E-state index contributed by atoms with van der Waals surface area (Å²) in [5.41, 5.74) is 1.20. The average molecular weight is 261 g/mol. The Morgan fingerprint density at radius 3 is 2.74 bits per heavy atom. The van der Waals surface area contributed by atoms with Crippen molar-refractivity contribution in [2.45, 2.75) is 19.8 Å². The van der Waals surface area contributed by atoms with Crippen LogP contribution >= 0.6 is 0 Å². The predicted octanol–water partition coefficient (Wildman–Crippen LogP) is 2.56. The van der Waals surface area contributed by atoms with Gasteiger partial charge in [0.1, 0.15) is 11.5 Å². The maximum absolute atomic E-state index is 10.8. The first-order chi connectivity index (χ1) is 9.20. The van der Waals surface area contributed by atoms with Crippen molar-refractivity contribution in [3.8, 4) is 5.75 Å². The first kappa shape index (κ1) is 13.1. The Labute approximate surface area is 110 Å². The Hall–Kier alpha value is -2.30. The molecule has 0 atom stereocenters. The summed E-state index contributed by atoms with van der Waals surface area (Å²) in [6.45, 7) is 2.44. The van der Waals surface area contributed by atoms with E-state index in [0.29, 0.717) is 18.8 Å². The van der Waals surface area contributed by atoms with E-state index in [9.17, 15) is 4.79 Å². The highest BCUT2D eigenvalue weighted by atomic mass is 16.5. The minimum Gasteiger partial charge on any atom is -0.493 e. The number of carboxylic acid groups (broad SMARTS) is 1. The van der Waals surface area contributed by atoms with Crippen molar-refractivity contribution in [3.05, 3.63) is 47.7 Å². The van der Waals surface area contributed by atoms with Crippen LogP contribution in [0.25, 0.3) is 0 Å². The van der Waals surface area contributed by atoms with Gasteiger partial charge >= 0.3 is 5.97 Å². The van der Waals surface area contributed by atoms with Crippen LogP contribution in [0.5, 0.6) is 5.75 Å². The molecule has 0 saturated carbocycles. The minimum absolute atomic E-state index is 0.0510. The molecular formula is C14H15NO4. The van der Waals surface area contributed by atoms with Gasteiger partial charge < -0.3 is 14.3 Å². The Morgan fingerprint density at radius 1 is 1.37 bits per heavy atom. The summed E-state index contributed by atoms with van der Waals surface area (Å²) in [5.74, 6) is 0.00215. The van der Waals surface area contributed by atoms with E-state index in [1.807, 2.05) is 24.3 Å². The van der Waals surface area contributed by atoms with Gasteiger partial charge in [0.05, 0.1) is 6.61 Å². The number of aromatic nitrogens is 1. The van der Waals surface area contributed by atoms with E-state index in [2.05, 4.69) is 11.9 Å². The fraction of sp³-hybridized carbons (Fsp3) is 0.286. The molecule has 0 unspecified atom stereocenters. The quantitative estimate of drug-likeness (QED) is 0.865. The molecule has 0 aliphatic heterocycles.